The number of carbonyl (C=O) groups excluding carboxylic acids is 12. The molecule has 5 aromatic carbocycles. The molecule has 0 saturated carbocycles. The fraction of sp³-hybridized carbons (Fsp3) is 0.520. The van der Waals surface area contributed by atoms with Crippen LogP contribution >= 0.6 is 43.5 Å². The Bertz CT molecular complexity index is 4710. The van der Waals surface area contributed by atoms with Gasteiger partial charge in [-0.15, -0.1) is 5.60 Å². The first-order chi connectivity index (χ1) is 65.8. The molecule has 3 amide bonds. The van der Waals surface area contributed by atoms with Crippen LogP contribution in [-0.4, -0.2) is 230 Å². The molecule has 139 heavy (non-hydrogen) atoms. The van der Waals surface area contributed by atoms with Crippen molar-refractivity contribution in [2.24, 2.45) is 22.6 Å². The minimum absolute atomic E-state index is 0. The number of piperidine rings is 2. The number of benzene rings is 5. The van der Waals surface area contributed by atoms with Crippen LogP contribution in [-0.2, 0) is 135 Å². The first-order valence-corrected chi connectivity index (χ1v) is 49.0. The molecule has 33 nitrogen and oxygen atoms in total. The average molecular weight is 2110 g/mol. The summed E-state index contributed by atoms with van der Waals surface area (Å²) >= 11 is 12.2. The molecule has 2 aromatic heterocycles. The van der Waals surface area contributed by atoms with Crippen LogP contribution in [0.1, 0.15) is 206 Å². The fourth-order valence-corrected chi connectivity index (χ4v) is 13.8. The predicted octanol–water partition coefficient (Wildman–Crippen LogP) is 11.4. The quantitative estimate of drug-likeness (QED) is 0.00744. The first-order valence-electron chi connectivity index (χ1n) is 46.4. The Morgan fingerprint density at radius 2 is 1.02 bits per heavy atom. The standard InChI is InChI=1S/C15H19NO3.C15H25N.C14H17N3O.C12H16ClN3O2.C12H17N3O3.C11H15NO2.C7H9N.C6H11BrO2.C4H7BrO2.C4H9O.2CO2.K/c1-2-19-15(18)13-8-9-16(11-14(13)17)10-12-6-4-3-5-7-12;1-3-5-9-13-16(12-4-2)14-15-10-7-6-8-11-15;18-14-12-6-7-17(9-13(12)15-10-16-14)8-11-4-2-1-3-5-11;1-12(2,3)18-11(17)16-5-4-8-9(6-16)14-7-15-10(8)13;1-12(2,3)18-11(17)15-5-4-8-9(6-15)13-7-14-10(8)16;1-2-14-11(13)9-12-8-10-6-4-3-5-7-10;8-6-7-4-2-1-3-5-7;1-2-9-6(8)4-3-5-7;1-2-7-4(6)3-5;1-4(2,3)5;2*2-1-3;/h3-7,13H,2,8-11H2,1H3;6-8,10-11H,3-5,9,12-14H2,1-2H3;1-5,10,12-13H,6-9H2,(H,15,16,18);7H,4-6H2,1-3H3;7H,4-6H2,1-3H3,(H,13,14,16);3-7,12H,2,8-9H2,1H3;1-5H,6,8H2;2-5H2,1H3;2-3H2,1H3;1-3H3;;;/q;;;;;;;;;-1;;;+1. The van der Waals surface area contributed by atoms with E-state index in [1.54, 1.807) is 57.7 Å². The summed E-state index contributed by atoms with van der Waals surface area (Å²) in [5, 5.41) is 17.4. The maximum absolute atomic E-state index is 12.0. The van der Waals surface area contributed by atoms with Crippen LogP contribution in [0.15, 0.2) is 174 Å². The summed E-state index contributed by atoms with van der Waals surface area (Å²) in [5.74, 6) is -1.27. The summed E-state index contributed by atoms with van der Waals surface area (Å²) in [6, 6.07) is 51.3. The molecule has 760 valence electrons. The van der Waals surface area contributed by atoms with E-state index < -0.39 is 22.7 Å². The zero-order valence-corrected chi connectivity index (χ0v) is 91.0. The number of esters is 4. The number of nitrogens with zero attached hydrogens (tertiary/aromatic N) is 9. The number of H-pyrrole nitrogens is 1. The van der Waals surface area contributed by atoms with Gasteiger partial charge in [0.25, 0.3) is 5.56 Å². The number of nitrogens with one attached hydrogen (secondary N) is 3. The number of unbranched alkanes of at least 4 members (excludes halogenated alkanes) is 2. The summed E-state index contributed by atoms with van der Waals surface area (Å²) < 4.78 is 29.5. The Hall–Kier alpha value is -9.30. The van der Waals surface area contributed by atoms with Gasteiger partial charge in [0.2, 0.25) is 5.91 Å². The largest absolute Gasteiger partial charge is 1.00 e. The van der Waals surface area contributed by atoms with E-state index in [1.165, 1.54) is 73.7 Å². The Morgan fingerprint density at radius 1 is 0.561 bits per heavy atom. The number of likely N-dealkylation sites (tertiary alicyclic amines) is 2. The number of Topliss-reactive ketones (excluding diaryl/α,β-unsaturated/α-hetero) is 1. The second-order valence-electron chi connectivity index (χ2n) is 34.1. The summed E-state index contributed by atoms with van der Waals surface area (Å²) in [6.45, 7) is 40.9. The molecule has 0 spiro atoms. The van der Waals surface area contributed by atoms with Crippen molar-refractivity contribution in [1.29, 1.82) is 0 Å². The summed E-state index contributed by atoms with van der Waals surface area (Å²) in [6.07, 6.45) is 13.4. The number of rotatable bonds is 26. The van der Waals surface area contributed by atoms with Crippen LogP contribution in [0.3, 0.4) is 0 Å². The van der Waals surface area contributed by atoms with Crippen LogP contribution in [0, 0.1) is 11.8 Å². The molecular weight excluding hydrogens is 1960 g/mol. The predicted molar refractivity (Wildman–Crippen MR) is 535 cm³/mol. The van der Waals surface area contributed by atoms with Crippen molar-refractivity contribution in [3.63, 3.8) is 0 Å². The van der Waals surface area contributed by atoms with Gasteiger partial charge in [0.05, 0.1) is 88.6 Å². The molecule has 3 unspecified atom stereocenters. The number of carbonyl (C=O) groups is 8. The number of nitrogens with two attached hydrogens (primary N) is 1. The normalized spacial score (nSPS) is 14.6. The molecule has 7 heterocycles. The minimum atomic E-state index is -0.750. The summed E-state index contributed by atoms with van der Waals surface area (Å²) in [7, 11) is 0. The van der Waals surface area contributed by atoms with Gasteiger partial charge in [-0.1, -0.05) is 243 Å². The van der Waals surface area contributed by atoms with Gasteiger partial charge in [-0.3, -0.25) is 53.3 Å². The van der Waals surface area contributed by atoms with E-state index in [4.69, 9.17) is 55.5 Å². The summed E-state index contributed by atoms with van der Waals surface area (Å²) in [4.78, 5) is 164. The van der Waals surface area contributed by atoms with Crippen molar-refractivity contribution in [2.75, 3.05) is 96.0 Å². The molecule has 0 bridgehead atoms. The molecule has 7 aromatic rings. The van der Waals surface area contributed by atoms with Gasteiger partial charge < -0.3 is 64.7 Å². The van der Waals surface area contributed by atoms with Crippen LogP contribution in [0.2, 0.25) is 5.15 Å². The van der Waals surface area contributed by atoms with E-state index in [0.29, 0.717) is 120 Å². The number of alkyl halides is 2. The first kappa shape index (κ1) is 130. The monoisotopic (exact) mass is 2100 g/mol. The van der Waals surface area contributed by atoms with E-state index in [-0.39, 0.29) is 136 Å². The van der Waals surface area contributed by atoms with Crippen molar-refractivity contribution in [1.82, 2.24) is 55.1 Å². The maximum atomic E-state index is 12.0. The molecular formula is C102H145Br2ClKN13O20. The van der Waals surface area contributed by atoms with Crippen LogP contribution in [0.25, 0.3) is 0 Å². The molecule has 3 atom stereocenters. The molecule has 2 saturated heterocycles. The Morgan fingerprint density at radius 3 is 1.47 bits per heavy atom. The number of aromatic amines is 1. The van der Waals surface area contributed by atoms with E-state index in [9.17, 15) is 48.3 Å². The SMILES string of the molecule is CC(C)(C)OC(=O)N1CCc2c(Cl)ncnc2C1.CC(C)(C)OC(=O)N1CCc2c(nc[nH]c2=O)C1.CC(C)(C)[O-].CCCCCN(CCC)Cc1ccccc1.CCOC(=O)C1CCN(Cc2ccccc2)CC1=O.CCOC(=O)CBr.CCOC(=O)CCCBr.CCOC(=O)CNCc1ccccc1.NCc1ccccc1.O=C1NC=NC2CN(Cc3ccccc3)CCC12.O=C=O.O=C=O.[K+]. The number of halogens is 3. The van der Waals surface area contributed by atoms with E-state index >= 15 is 0 Å². The molecule has 0 aliphatic carbocycles. The van der Waals surface area contributed by atoms with Crippen molar-refractivity contribution >= 4 is 110 Å². The van der Waals surface area contributed by atoms with Crippen LogP contribution < -0.4 is 78.4 Å². The second kappa shape index (κ2) is 77.4. The number of aliphatic imine (C=N–C) groups is 1. The third kappa shape index (κ3) is 63.3. The molecule has 12 rings (SSSR count). The zero-order chi connectivity index (χ0) is 103. The van der Waals surface area contributed by atoms with Gasteiger partial charge in [0.15, 0.2) is 5.78 Å². The minimum Gasteiger partial charge on any atom is -0.850 e. The molecule has 2 fully saturated rings. The van der Waals surface area contributed by atoms with E-state index in [2.05, 4.69) is 160 Å². The molecule has 5 N–H and O–H groups in total. The Kier molecular flexibility index (Phi) is 72.2. The van der Waals surface area contributed by atoms with Crippen LogP contribution in [0.5, 0.6) is 0 Å². The number of fused-ring (bicyclic) bond motifs is 3. The van der Waals surface area contributed by atoms with Gasteiger partial charge in [-0.25, -0.2) is 24.5 Å². The van der Waals surface area contributed by atoms with Crippen molar-refractivity contribution in [3.8, 4) is 0 Å². The van der Waals surface area contributed by atoms with Gasteiger partial charge in [0, 0.05) is 81.8 Å². The van der Waals surface area contributed by atoms with Crippen molar-refractivity contribution in [3.05, 3.63) is 230 Å². The maximum Gasteiger partial charge on any atom is 1.00 e. The van der Waals surface area contributed by atoms with E-state index in [0.717, 1.165) is 74.3 Å². The van der Waals surface area contributed by atoms with Crippen molar-refractivity contribution in [2.45, 2.75) is 237 Å². The number of hydrogen-bond acceptors (Lipinski definition) is 29. The fourth-order valence-electron chi connectivity index (χ4n) is 13.1. The third-order valence-electron chi connectivity index (χ3n) is 19.2. The molecule has 37 heteroatoms. The van der Waals surface area contributed by atoms with Gasteiger partial charge in [-0.2, -0.15) is 19.2 Å². The van der Waals surface area contributed by atoms with Crippen LogP contribution in [0.4, 0.5) is 9.59 Å². The Labute approximate surface area is 885 Å². The van der Waals surface area contributed by atoms with E-state index in [1.807, 2.05) is 146 Å². The number of hydrogen-bond donors (Lipinski definition) is 4. The number of ketones is 1. The second-order valence-corrected chi connectivity index (χ2v) is 35.9. The number of aromatic nitrogens is 4. The molecule has 0 radical (unpaired) electrons. The Balaban J connectivity index is 0.00000154. The van der Waals surface area contributed by atoms with Crippen molar-refractivity contribution < 1.29 is 142 Å². The molecule has 5 aliphatic heterocycles. The number of ether oxygens (including phenoxy) is 6. The third-order valence-corrected chi connectivity index (χ3v) is 20.6. The summed E-state index contributed by atoms with van der Waals surface area (Å²) in [5.41, 5.74) is 12.8. The van der Waals surface area contributed by atoms with Gasteiger partial charge in [-0.05, 0) is 162 Å². The zero-order valence-electron chi connectivity index (χ0n) is 83.9. The smallest absolute Gasteiger partial charge is 0.850 e. The topological polar surface area (TPSA) is 433 Å². The molecule has 5 aliphatic rings. The number of amides is 3. The van der Waals surface area contributed by atoms with Gasteiger partial charge in [0.1, 0.15) is 33.9 Å². The van der Waals surface area contributed by atoms with Gasteiger partial charge >= 0.3 is 99.8 Å². The average Bonchev–Trinajstić information content (AvgIpc) is 0.826.